The topological polar surface area (TPSA) is 27.0 Å². The molecule has 17 heavy (non-hydrogen) atoms. The minimum absolute atomic E-state index is 0.765. The van der Waals surface area contributed by atoms with E-state index in [1.54, 1.807) is 0 Å². The third kappa shape index (κ3) is 4.05. The average molecular weight is 295 g/mol. The van der Waals surface area contributed by atoms with Crippen molar-refractivity contribution in [2.75, 3.05) is 18.5 Å². The summed E-state index contributed by atoms with van der Waals surface area (Å²) in [6.45, 7) is 3.21. The highest BCUT2D eigenvalue weighted by Crippen LogP contribution is 2.22. The summed E-state index contributed by atoms with van der Waals surface area (Å²) in [5.41, 5.74) is 2.95. The average Bonchev–Trinajstić information content (AvgIpc) is 2.38. The smallest absolute Gasteiger partial charge is 0.101 e. The Bertz CT molecular complexity index is 396. The van der Waals surface area contributed by atoms with Crippen molar-refractivity contribution in [1.82, 2.24) is 0 Å². The Balaban J connectivity index is 2.79. The number of hydrogen-bond acceptors (Lipinski definition) is 2. The van der Waals surface area contributed by atoms with Gasteiger partial charge in [-0.3, -0.25) is 0 Å². The zero-order chi connectivity index (χ0) is 12.7. The highest BCUT2D eigenvalue weighted by molar-refractivity contribution is 9.08. The van der Waals surface area contributed by atoms with E-state index in [1.165, 1.54) is 19.3 Å². The summed E-state index contributed by atoms with van der Waals surface area (Å²) >= 11 is 3.41. The predicted molar refractivity (Wildman–Crippen MR) is 76.6 cm³/mol. The van der Waals surface area contributed by atoms with Crippen LogP contribution in [-0.2, 0) is 5.33 Å². The normalized spacial score (nSPS) is 10.0. The maximum absolute atomic E-state index is 9.17. The second-order valence-electron chi connectivity index (χ2n) is 4.23. The molecule has 92 valence electrons. The van der Waals surface area contributed by atoms with E-state index >= 15 is 0 Å². The van der Waals surface area contributed by atoms with Gasteiger partial charge < -0.3 is 4.90 Å². The molecule has 0 radical (unpaired) electrons. The fraction of sp³-hybridized carbons (Fsp3) is 0.500. The van der Waals surface area contributed by atoms with E-state index in [2.05, 4.69) is 46.9 Å². The van der Waals surface area contributed by atoms with Crippen LogP contribution in [0.5, 0.6) is 0 Å². The van der Waals surface area contributed by atoms with E-state index in [-0.39, 0.29) is 0 Å². The number of halogens is 1. The molecule has 0 aliphatic rings. The molecule has 0 bridgehead atoms. The molecule has 0 aromatic heterocycles. The molecule has 1 aromatic carbocycles. The van der Waals surface area contributed by atoms with Gasteiger partial charge in [0.2, 0.25) is 0 Å². The molecule has 0 fully saturated rings. The number of anilines is 1. The van der Waals surface area contributed by atoms with Crippen LogP contribution in [0.25, 0.3) is 0 Å². The van der Waals surface area contributed by atoms with Gasteiger partial charge in [-0.1, -0.05) is 41.8 Å². The third-order valence-electron chi connectivity index (χ3n) is 2.84. The predicted octanol–water partition coefficient (Wildman–Crippen LogP) is 4.08. The van der Waals surface area contributed by atoms with Crippen LogP contribution in [-0.4, -0.2) is 13.6 Å². The first-order valence-electron chi connectivity index (χ1n) is 6.03. The van der Waals surface area contributed by atoms with Gasteiger partial charge in [-0.05, 0) is 24.1 Å². The Morgan fingerprint density at radius 2 is 2.12 bits per heavy atom. The standard InChI is InChI=1S/C14H19BrN2/c1-3-4-5-8-17(2)14-7-6-12(10-15)9-13(14)11-16/h6-7,9H,3-5,8,10H2,1-2H3. The number of nitriles is 1. The lowest BCUT2D eigenvalue weighted by Crippen LogP contribution is -2.19. The first-order chi connectivity index (χ1) is 8.22. The van der Waals surface area contributed by atoms with Gasteiger partial charge >= 0.3 is 0 Å². The summed E-state index contributed by atoms with van der Waals surface area (Å²) in [7, 11) is 2.06. The molecule has 0 saturated heterocycles. The minimum Gasteiger partial charge on any atom is -0.374 e. The maximum atomic E-state index is 9.17. The second-order valence-corrected chi connectivity index (χ2v) is 4.79. The quantitative estimate of drug-likeness (QED) is 0.584. The van der Waals surface area contributed by atoms with Crippen molar-refractivity contribution in [2.24, 2.45) is 0 Å². The Labute approximate surface area is 112 Å². The lowest BCUT2D eigenvalue weighted by molar-refractivity contribution is 0.705. The van der Waals surface area contributed by atoms with Crippen molar-refractivity contribution < 1.29 is 0 Å². The Hall–Kier alpha value is -1.01. The summed E-state index contributed by atoms with van der Waals surface area (Å²) in [5.74, 6) is 0. The van der Waals surface area contributed by atoms with Gasteiger partial charge in [0.15, 0.2) is 0 Å². The van der Waals surface area contributed by atoms with Crippen molar-refractivity contribution >= 4 is 21.6 Å². The number of nitrogens with zero attached hydrogens (tertiary/aromatic N) is 2. The minimum atomic E-state index is 0.765. The molecule has 2 nitrogen and oxygen atoms in total. The fourth-order valence-corrected chi connectivity index (χ4v) is 2.16. The Morgan fingerprint density at radius 1 is 1.35 bits per heavy atom. The zero-order valence-electron chi connectivity index (χ0n) is 10.5. The van der Waals surface area contributed by atoms with E-state index in [4.69, 9.17) is 5.26 Å². The fourth-order valence-electron chi connectivity index (χ4n) is 1.81. The molecular weight excluding hydrogens is 276 g/mol. The molecule has 0 heterocycles. The number of unbranched alkanes of at least 4 members (excludes halogenated alkanes) is 2. The number of benzene rings is 1. The number of rotatable bonds is 6. The first kappa shape index (κ1) is 14.1. The van der Waals surface area contributed by atoms with Gasteiger partial charge in [-0.25, -0.2) is 0 Å². The summed E-state index contributed by atoms with van der Waals surface area (Å²) in [6, 6.07) is 8.35. The SMILES string of the molecule is CCCCCN(C)c1ccc(CBr)cc1C#N. The van der Waals surface area contributed by atoms with Gasteiger partial charge in [-0.15, -0.1) is 0 Å². The highest BCUT2D eigenvalue weighted by Gasteiger charge is 2.07. The molecule has 1 rings (SSSR count). The van der Waals surface area contributed by atoms with E-state index in [1.807, 2.05) is 12.1 Å². The van der Waals surface area contributed by atoms with Gasteiger partial charge in [0.25, 0.3) is 0 Å². The van der Waals surface area contributed by atoms with Crippen molar-refractivity contribution in [3.63, 3.8) is 0 Å². The molecule has 1 aromatic rings. The summed E-state index contributed by atoms with van der Waals surface area (Å²) in [5, 5.41) is 9.96. The second kappa shape index (κ2) is 7.34. The van der Waals surface area contributed by atoms with Crippen molar-refractivity contribution in [3.8, 4) is 6.07 Å². The van der Waals surface area contributed by atoms with Gasteiger partial charge in [0.1, 0.15) is 6.07 Å². The zero-order valence-corrected chi connectivity index (χ0v) is 12.1. The van der Waals surface area contributed by atoms with Crippen LogP contribution in [0.15, 0.2) is 18.2 Å². The Morgan fingerprint density at radius 3 is 2.71 bits per heavy atom. The number of hydrogen-bond donors (Lipinski definition) is 0. The van der Waals surface area contributed by atoms with Gasteiger partial charge in [0.05, 0.1) is 11.3 Å². The molecule has 0 N–H and O–H groups in total. The van der Waals surface area contributed by atoms with E-state index in [0.717, 1.165) is 28.7 Å². The van der Waals surface area contributed by atoms with Crippen LogP contribution >= 0.6 is 15.9 Å². The lowest BCUT2D eigenvalue weighted by Gasteiger charge is -2.20. The van der Waals surface area contributed by atoms with Crippen LogP contribution < -0.4 is 4.90 Å². The van der Waals surface area contributed by atoms with Crippen LogP contribution in [0.3, 0.4) is 0 Å². The molecule has 0 aliphatic carbocycles. The molecule has 0 spiro atoms. The van der Waals surface area contributed by atoms with Crippen LogP contribution in [0, 0.1) is 11.3 Å². The Kier molecular flexibility index (Phi) is 6.07. The van der Waals surface area contributed by atoms with Gasteiger partial charge in [0, 0.05) is 18.9 Å². The van der Waals surface area contributed by atoms with E-state index in [9.17, 15) is 0 Å². The van der Waals surface area contributed by atoms with Crippen molar-refractivity contribution in [3.05, 3.63) is 29.3 Å². The summed E-state index contributed by atoms with van der Waals surface area (Å²) in [6.07, 6.45) is 3.64. The van der Waals surface area contributed by atoms with Gasteiger partial charge in [-0.2, -0.15) is 5.26 Å². The molecule has 3 heteroatoms. The molecule has 0 amide bonds. The van der Waals surface area contributed by atoms with Crippen LogP contribution in [0.1, 0.15) is 37.3 Å². The van der Waals surface area contributed by atoms with E-state index < -0.39 is 0 Å². The third-order valence-corrected chi connectivity index (χ3v) is 3.49. The molecule has 0 aliphatic heterocycles. The monoisotopic (exact) mass is 294 g/mol. The van der Waals surface area contributed by atoms with E-state index in [0.29, 0.717) is 0 Å². The molecule has 0 saturated carbocycles. The largest absolute Gasteiger partial charge is 0.374 e. The molecular formula is C14H19BrN2. The number of alkyl halides is 1. The summed E-state index contributed by atoms with van der Waals surface area (Å²) in [4.78, 5) is 2.17. The van der Waals surface area contributed by atoms with Crippen molar-refractivity contribution in [1.29, 1.82) is 5.26 Å². The molecule has 0 unspecified atom stereocenters. The maximum Gasteiger partial charge on any atom is 0.101 e. The van der Waals surface area contributed by atoms with Crippen LogP contribution in [0.4, 0.5) is 5.69 Å². The highest BCUT2D eigenvalue weighted by atomic mass is 79.9. The lowest BCUT2D eigenvalue weighted by atomic mass is 10.1. The van der Waals surface area contributed by atoms with Crippen molar-refractivity contribution in [2.45, 2.75) is 31.5 Å². The molecule has 0 atom stereocenters. The summed E-state index contributed by atoms with van der Waals surface area (Å²) < 4.78 is 0. The van der Waals surface area contributed by atoms with Crippen LogP contribution in [0.2, 0.25) is 0 Å². The first-order valence-corrected chi connectivity index (χ1v) is 7.15.